The van der Waals surface area contributed by atoms with Gasteiger partial charge in [0.15, 0.2) is 12.2 Å². The summed E-state index contributed by atoms with van der Waals surface area (Å²) in [5, 5.41) is 0. The maximum Gasteiger partial charge on any atom is 0.513 e. The second kappa shape index (κ2) is 16.4. The van der Waals surface area contributed by atoms with Crippen LogP contribution >= 0.6 is 0 Å². The lowest BCUT2D eigenvalue weighted by molar-refractivity contribution is -0.151. The molecule has 2 aromatic carbocycles. The fourth-order valence-corrected chi connectivity index (χ4v) is 4.60. The van der Waals surface area contributed by atoms with E-state index < -0.39 is 54.4 Å². The van der Waals surface area contributed by atoms with Crippen molar-refractivity contribution >= 4 is 30.0 Å². The molecule has 0 aromatic heterocycles. The van der Waals surface area contributed by atoms with E-state index in [0.29, 0.717) is 19.4 Å². The maximum absolute atomic E-state index is 12.7. The molecule has 2 fully saturated rings. The number of fused-ring (bicyclic) bond motifs is 1. The van der Waals surface area contributed by atoms with Gasteiger partial charge in [-0.1, -0.05) is 6.58 Å². The summed E-state index contributed by atoms with van der Waals surface area (Å²) in [4.78, 5) is 59.4. The van der Waals surface area contributed by atoms with Gasteiger partial charge in [-0.15, -0.1) is 0 Å². The van der Waals surface area contributed by atoms with Gasteiger partial charge in [-0.25, -0.2) is 19.2 Å². The highest BCUT2D eigenvalue weighted by atomic mass is 16.7. The van der Waals surface area contributed by atoms with Crippen molar-refractivity contribution in [1.82, 2.24) is 0 Å². The predicted octanol–water partition coefficient (Wildman–Crippen LogP) is 3.97. The maximum atomic E-state index is 12.7. The normalized spacial score (nSPS) is 19.9. The zero-order chi connectivity index (χ0) is 32.2. The van der Waals surface area contributed by atoms with E-state index in [1.54, 1.807) is 0 Å². The summed E-state index contributed by atoms with van der Waals surface area (Å²) in [7, 11) is 0. The molecule has 0 spiro atoms. The van der Waals surface area contributed by atoms with Gasteiger partial charge in [-0.3, -0.25) is 4.79 Å². The Morgan fingerprint density at radius 3 is 1.78 bits per heavy atom. The van der Waals surface area contributed by atoms with Crippen LogP contribution in [0.1, 0.15) is 53.3 Å². The first-order valence-corrected chi connectivity index (χ1v) is 14.4. The first-order chi connectivity index (χ1) is 21.7. The molecule has 13 nitrogen and oxygen atoms in total. The molecule has 2 heterocycles. The van der Waals surface area contributed by atoms with Crippen molar-refractivity contribution in [3.8, 4) is 11.5 Å². The lowest BCUT2D eigenvalue weighted by Gasteiger charge is -2.17. The van der Waals surface area contributed by atoms with Crippen LogP contribution in [0.5, 0.6) is 11.5 Å². The number of benzene rings is 2. The zero-order valence-corrected chi connectivity index (χ0v) is 24.7. The summed E-state index contributed by atoms with van der Waals surface area (Å²) in [6, 6.07) is 11.6. The third kappa shape index (κ3) is 9.88. The summed E-state index contributed by atoms with van der Waals surface area (Å²) in [6.07, 6.45) is 0.924. The van der Waals surface area contributed by atoms with E-state index in [0.717, 1.165) is 18.9 Å². The molecule has 4 atom stereocenters. The number of carbonyl (C=O) groups excluding carboxylic acids is 5. The molecule has 0 saturated carbocycles. The van der Waals surface area contributed by atoms with E-state index in [2.05, 4.69) is 6.58 Å². The smallest absolute Gasteiger partial charge is 0.463 e. The first-order valence-electron chi connectivity index (χ1n) is 14.4. The summed E-state index contributed by atoms with van der Waals surface area (Å²) >= 11 is 0. The van der Waals surface area contributed by atoms with E-state index >= 15 is 0 Å². The monoisotopic (exact) mass is 626 g/mol. The topological polar surface area (TPSA) is 159 Å². The van der Waals surface area contributed by atoms with Crippen LogP contribution in [-0.4, -0.2) is 80.9 Å². The Kier molecular flexibility index (Phi) is 12.0. The average molecular weight is 627 g/mol. The van der Waals surface area contributed by atoms with Crippen LogP contribution in [0.4, 0.5) is 4.79 Å². The summed E-state index contributed by atoms with van der Waals surface area (Å²) < 4.78 is 42.4. The van der Waals surface area contributed by atoms with Gasteiger partial charge in [0.1, 0.15) is 23.7 Å². The molecule has 2 aliphatic rings. The lowest BCUT2D eigenvalue weighted by atomic mass is 10.1. The Morgan fingerprint density at radius 1 is 0.711 bits per heavy atom. The molecule has 0 radical (unpaired) electrons. The Labute approximate surface area is 259 Å². The van der Waals surface area contributed by atoms with Gasteiger partial charge in [-0.05, 0) is 74.2 Å². The third-order valence-corrected chi connectivity index (χ3v) is 6.80. The summed E-state index contributed by atoms with van der Waals surface area (Å²) in [5.74, 6) is -1.78. The van der Waals surface area contributed by atoms with Gasteiger partial charge in [-0.2, -0.15) is 0 Å². The van der Waals surface area contributed by atoms with E-state index in [9.17, 15) is 24.0 Å². The van der Waals surface area contributed by atoms with Gasteiger partial charge in [0.2, 0.25) is 0 Å². The lowest BCUT2D eigenvalue weighted by Crippen LogP contribution is -2.35. The number of ether oxygens (including phenoxy) is 8. The number of carbonyl (C=O) groups is 5. The van der Waals surface area contributed by atoms with Gasteiger partial charge < -0.3 is 37.9 Å². The SMILES string of the molecule is C=CC(=O)OCCCCCCOC(=O)Oc1ccc(C(=O)Oc2ccc(C(=O)O[C@H]3COC4C3OC[C@@H]4OC(C)=O)cc2)cc1. The minimum atomic E-state index is -0.869. The molecule has 45 heavy (non-hydrogen) atoms. The fraction of sp³-hybridized carbons (Fsp3) is 0.406. The predicted molar refractivity (Wildman–Crippen MR) is 154 cm³/mol. The molecule has 2 aromatic rings. The average Bonchev–Trinajstić information content (AvgIpc) is 3.61. The Morgan fingerprint density at radius 2 is 1.22 bits per heavy atom. The quantitative estimate of drug-likeness (QED) is 0.0741. The van der Waals surface area contributed by atoms with Gasteiger partial charge in [0.25, 0.3) is 0 Å². The number of hydrogen-bond donors (Lipinski definition) is 0. The zero-order valence-electron chi connectivity index (χ0n) is 24.7. The fourth-order valence-electron chi connectivity index (χ4n) is 4.60. The molecule has 2 saturated heterocycles. The first kappa shape index (κ1) is 33.1. The van der Waals surface area contributed by atoms with Crippen LogP contribution < -0.4 is 9.47 Å². The molecule has 13 heteroatoms. The van der Waals surface area contributed by atoms with Crippen molar-refractivity contribution < 1.29 is 61.9 Å². The highest BCUT2D eigenvalue weighted by Gasteiger charge is 2.51. The number of esters is 4. The van der Waals surface area contributed by atoms with E-state index in [1.165, 1.54) is 55.5 Å². The van der Waals surface area contributed by atoms with E-state index in [4.69, 9.17) is 37.9 Å². The standard InChI is InChI=1S/C32H34O13/c1-3-27(34)38-16-6-4-5-7-17-39-32(37)44-24-14-10-21(11-15-24)30(35)43-23-12-8-22(9-13-23)31(36)45-26-19-41-28-25(42-20(2)33)18-40-29(26)28/h3,8-15,25-26,28-29H,1,4-7,16-19H2,2H3/t25-,26-,28?,29?/m0/s1. The van der Waals surface area contributed by atoms with Crippen molar-refractivity contribution in [2.45, 2.75) is 57.0 Å². The van der Waals surface area contributed by atoms with Crippen LogP contribution in [0.3, 0.4) is 0 Å². The molecule has 0 N–H and O–H groups in total. The van der Waals surface area contributed by atoms with Crippen LogP contribution in [0.2, 0.25) is 0 Å². The van der Waals surface area contributed by atoms with Crippen LogP contribution in [0, 0.1) is 0 Å². The van der Waals surface area contributed by atoms with E-state index in [1.807, 2.05) is 0 Å². The minimum absolute atomic E-state index is 0.110. The number of rotatable bonds is 14. The summed E-state index contributed by atoms with van der Waals surface area (Å²) in [5.41, 5.74) is 0.435. The van der Waals surface area contributed by atoms with Crippen molar-refractivity contribution in [2.75, 3.05) is 26.4 Å². The number of hydrogen-bond acceptors (Lipinski definition) is 13. The largest absolute Gasteiger partial charge is 0.513 e. The van der Waals surface area contributed by atoms with Gasteiger partial charge in [0.05, 0.1) is 37.6 Å². The molecule has 4 rings (SSSR count). The second-order valence-corrected chi connectivity index (χ2v) is 10.1. The molecule has 0 amide bonds. The Balaban J connectivity index is 1.15. The minimum Gasteiger partial charge on any atom is -0.463 e. The molecular formula is C32H34O13. The molecule has 240 valence electrons. The Hall–Kier alpha value is -4.75. The van der Waals surface area contributed by atoms with Crippen molar-refractivity contribution in [3.05, 3.63) is 72.3 Å². The number of unbranched alkanes of at least 4 members (excludes halogenated alkanes) is 3. The summed E-state index contributed by atoms with van der Waals surface area (Å²) in [6.45, 7) is 5.39. The molecule has 0 bridgehead atoms. The molecular weight excluding hydrogens is 592 g/mol. The second-order valence-electron chi connectivity index (χ2n) is 10.1. The molecule has 2 aliphatic heterocycles. The van der Waals surface area contributed by atoms with Crippen molar-refractivity contribution in [1.29, 1.82) is 0 Å². The van der Waals surface area contributed by atoms with Crippen molar-refractivity contribution in [3.63, 3.8) is 0 Å². The third-order valence-electron chi connectivity index (χ3n) is 6.80. The molecule has 2 unspecified atom stereocenters. The van der Waals surface area contributed by atoms with Crippen LogP contribution in [-0.2, 0) is 38.0 Å². The highest BCUT2D eigenvalue weighted by Crippen LogP contribution is 2.31. The van der Waals surface area contributed by atoms with Crippen LogP contribution in [0.15, 0.2) is 61.2 Å². The van der Waals surface area contributed by atoms with Crippen molar-refractivity contribution in [2.24, 2.45) is 0 Å². The Bertz CT molecular complexity index is 1350. The highest BCUT2D eigenvalue weighted by molar-refractivity contribution is 5.92. The van der Waals surface area contributed by atoms with Gasteiger partial charge in [0, 0.05) is 13.0 Å². The molecule has 0 aliphatic carbocycles. The van der Waals surface area contributed by atoms with Crippen LogP contribution in [0.25, 0.3) is 0 Å². The van der Waals surface area contributed by atoms with Gasteiger partial charge >= 0.3 is 30.0 Å². The van der Waals surface area contributed by atoms with E-state index in [-0.39, 0.29) is 42.4 Å².